The van der Waals surface area contributed by atoms with E-state index in [4.69, 9.17) is 17.9 Å². The molecule has 0 aliphatic carbocycles. The van der Waals surface area contributed by atoms with E-state index in [1.807, 2.05) is 19.9 Å². The Morgan fingerprint density at radius 1 is 0.814 bits per heavy atom. The molecule has 0 aromatic heterocycles. The summed E-state index contributed by atoms with van der Waals surface area (Å²) in [4.78, 5) is 27.0. The summed E-state index contributed by atoms with van der Waals surface area (Å²) in [5.74, 6) is -0.725. The highest BCUT2D eigenvalue weighted by Crippen LogP contribution is 2.48. The van der Waals surface area contributed by atoms with E-state index in [1.54, 1.807) is 13.8 Å². The second kappa shape index (κ2) is 18.1. The second-order valence-electron chi connectivity index (χ2n) is 15.1. The molecule has 0 amide bonds. The second-order valence-corrected chi connectivity index (χ2v) is 26.7. The summed E-state index contributed by atoms with van der Waals surface area (Å²) in [6.45, 7) is 33.7. The van der Waals surface area contributed by atoms with Crippen molar-refractivity contribution in [1.82, 2.24) is 0 Å². The van der Waals surface area contributed by atoms with Crippen LogP contribution in [0, 0.1) is 11.8 Å². The Labute approximate surface area is 267 Å². The lowest BCUT2D eigenvalue weighted by molar-refractivity contribution is -0.127. The van der Waals surface area contributed by atoms with Crippen LogP contribution in [0.15, 0.2) is 12.7 Å². The van der Waals surface area contributed by atoms with Crippen LogP contribution >= 0.6 is 7.60 Å². The maximum Gasteiger partial charge on any atom is 0.338 e. The van der Waals surface area contributed by atoms with E-state index in [2.05, 4.69) is 74.3 Å². The van der Waals surface area contributed by atoms with Gasteiger partial charge in [-0.25, -0.2) is 0 Å². The van der Waals surface area contributed by atoms with Crippen LogP contribution in [0.4, 0.5) is 0 Å². The molecule has 10 heteroatoms. The van der Waals surface area contributed by atoms with Crippen LogP contribution in [0.5, 0.6) is 0 Å². The zero-order valence-corrected chi connectivity index (χ0v) is 33.2. The van der Waals surface area contributed by atoms with Gasteiger partial charge in [0.1, 0.15) is 17.7 Å². The van der Waals surface area contributed by atoms with Gasteiger partial charge in [0.05, 0.1) is 25.4 Å². The third-order valence-electron chi connectivity index (χ3n) is 9.38. The van der Waals surface area contributed by atoms with Gasteiger partial charge in [-0.1, -0.05) is 61.5 Å². The molecule has 0 rings (SSSR count). The fourth-order valence-corrected chi connectivity index (χ4v) is 8.87. The summed E-state index contributed by atoms with van der Waals surface area (Å²) in [7, 11) is -7.77. The first-order valence-corrected chi connectivity index (χ1v) is 23.9. The summed E-state index contributed by atoms with van der Waals surface area (Å²) in [6.07, 6.45) is 5.29. The molecule has 0 aromatic carbocycles. The van der Waals surface area contributed by atoms with Crippen molar-refractivity contribution in [2.24, 2.45) is 11.8 Å². The Hall–Kier alpha value is -0.416. The van der Waals surface area contributed by atoms with Crippen molar-refractivity contribution in [1.29, 1.82) is 0 Å². The van der Waals surface area contributed by atoms with Gasteiger partial charge < -0.3 is 17.9 Å². The zero-order valence-electron chi connectivity index (χ0n) is 30.3. The van der Waals surface area contributed by atoms with Gasteiger partial charge in [-0.15, -0.1) is 6.58 Å². The smallest absolute Gasteiger partial charge is 0.338 e. The van der Waals surface area contributed by atoms with E-state index < -0.39 is 24.2 Å². The van der Waals surface area contributed by atoms with Gasteiger partial charge in [-0.05, 0) is 82.2 Å². The SMILES string of the molecule is C=CCCC[C@H](CC(=O)[C@H](C)[C@H](CC[C@@H](C)C(=O)CP(=O)(OCC)OCC)O[Si](C)(C)C(C)(C)C)O[Si](C)(C)C(C)(C)C. The monoisotopic (exact) mass is 662 g/mol. The Morgan fingerprint density at radius 2 is 1.30 bits per heavy atom. The zero-order chi connectivity index (χ0) is 33.9. The lowest BCUT2D eigenvalue weighted by atomic mass is 9.89. The average Bonchev–Trinajstić information content (AvgIpc) is 2.84. The van der Waals surface area contributed by atoms with Crippen LogP contribution in [0.2, 0.25) is 36.3 Å². The number of hydrogen-bond donors (Lipinski definition) is 0. The van der Waals surface area contributed by atoms with E-state index in [0.717, 1.165) is 19.3 Å². The first-order chi connectivity index (χ1) is 19.5. The van der Waals surface area contributed by atoms with Crippen LogP contribution in [-0.2, 0) is 32.1 Å². The standard InChI is InChI=1S/C33H67O7PSi2/c1-16-19-20-21-28(39-42(12,13)32(6,7)8)24-29(34)27(5)31(40-43(14,15)33(9,10)11)23-22-26(4)30(35)25-41(36,37-17-2)38-18-3/h16,26-28,31H,1,17-25H2,2-15H3/t26-,27+,28-,31+/m1/s1. The van der Waals surface area contributed by atoms with Crippen molar-refractivity contribution < 1.29 is 32.1 Å². The molecule has 7 nitrogen and oxygen atoms in total. The van der Waals surface area contributed by atoms with Gasteiger partial charge >= 0.3 is 7.60 Å². The number of allylic oxidation sites excluding steroid dienone is 1. The summed E-state index contributed by atoms with van der Waals surface area (Å²) in [5.41, 5.74) is 0. The maximum atomic E-state index is 13.9. The van der Waals surface area contributed by atoms with E-state index in [1.165, 1.54) is 0 Å². The van der Waals surface area contributed by atoms with Crippen LogP contribution in [-0.4, -0.2) is 59.8 Å². The van der Waals surface area contributed by atoms with E-state index in [-0.39, 0.29) is 65.1 Å². The predicted octanol–water partition coefficient (Wildman–Crippen LogP) is 9.97. The summed E-state index contributed by atoms with van der Waals surface area (Å²) >= 11 is 0. The minimum atomic E-state index is -3.47. The van der Waals surface area contributed by atoms with Gasteiger partial charge in [-0.3, -0.25) is 14.2 Å². The minimum absolute atomic E-state index is 0.0320. The van der Waals surface area contributed by atoms with E-state index in [9.17, 15) is 14.2 Å². The average molecular weight is 663 g/mol. The molecular formula is C33H67O7PSi2. The summed E-state index contributed by atoms with van der Waals surface area (Å²) < 4.78 is 37.3. The molecule has 4 atom stereocenters. The van der Waals surface area contributed by atoms with Crippen molar-refractivity contribution in [2.45, 2.75) is 156 Å². The van der Waals surface area contributed by atoms with Crippen molar-refractivity contribution in [3.8, 4) is 0 Å². The number of carbonyl (C=O) groups excluding carboxylic acids is 2. The van der Waals surface area contributed by atoms with Gasteiger partial charge in [0, 0.05) is 18.3 Å². The molecule has 0 saturated heterocycles. The number of rotatable bonds is 22. The maximum absolute atomic E-state index is 13.9. The minimum Gasteiger partial charge on any atom is -0.413 e. The Kier molecular flexibility index (Phi) is 17.9. The number of hydrogen-bond acceptors (Lipinski definition) is 7. The Balaban J connectivity index is 5.97. The third kappa shape index (κ3) is 14.7. The van der Waals surface area contributed by atoms with E-state index >= 15 is 0 Å². The van der Waals surface area contributed by atoms with Crippen LogP contribution in [0.3, 0.4) is 0 Å². The molecule has 0 fully saturated rings. The number of ketones is 2. The molecular weight excluding hydrogens is 596 g/mol. The summed E-state index contributed by atoms with van der Waals surface area (Å²) in [6, 6.07) is 0. The first-order valence-electron chi connectivity index (χ1n) is 16.4. The molecule has 0 heterocycles. The molecule has 0 aliphatic rings. The predicted molar refractivity (Wildman–Crippen MR) is 186 cm³/mol. The Morgan fingerprint density at radius 3 is 1.74 bits per heavy atom. The molecule has 0 aromatic rings. The lowest BCUT2D eigenvalue weighted by Gasteiger charge is -2.41. The molecule has 254 valence electrons. The van der Waals surface area contributed by atoms with Crippen molar-refractivity contribution in [2.75, 3.05) is 19.4 Å². The number of unbranched alkanes of at least 4 members (excludes halogenated alkanes) is 1. The van der Waals surface area contributed by atoms with E-state index in [0.29, 0.717) is 19.3 Å². The summed E-state index contributed by atoms with van der Waals surface area (Å²) in [5, 5.41) is 0.0129. The molecule has 0 radical (unpaired) electrons. The van der Waals surface area contributed by atoms with Gasteiger partial charge in [-0.2, -0.15) is 0 Å². The van der Waals surface area contributed by atoms with Crippen LogP contribution < -0.4 is 0 Å². The van der Waals surface area contributed by atoms with Gasteiger partial charge in [0.15, 0.2) is 16.6 Å². The molecule has 0 aliphatic heterocycles. The largest absolute Gasteiger partial charge is 0.413 e. The Bertz CT molecular complexity index is 911. The number of Topliss-reactive ketones (excluding diaryl/α,β-unsaturated/α-hetero) is 2. The molecule has 0 N–H and O–H groups in total. The third-order valence-corrected chi connectivity index (χ3v) is 20.4. The highest BCUT2D eigenvalue weighted by molar-refractivity contribution is 7.54. The van der Waals surface area contributed by atoms with Gasteiger partial charge in [0.25, 0.3) is 0 Å². The van der Waals surface area contributed by atoms with Crippen molar-refractivity contribution in [3.05, 3.63) is 12.7 Å². The quantitative estimate of drug-likeness (QED) is 0.0493. The van der Waals surface area contributed by atoms with Crippen LogP contribution in [0.1, 0.15) is 108 Å². The topological polar surface area (TPSA) is 88.1 Å². The molecule has 0 spiro atoms. The highest BCUT2D eigenvalue weighted by Gasteiger charge is 2.43. The highest BCUT2D eigenvalue weighted by atomic mass is 31.2. The molecule has 0 bridgehead atoms. The first kappa shape index (κ1) is 42.6. The molecule has 0 unspecified atom stereocenters. The molecule has 0 saturated carbocycles. The van der Waals surface area contributed by atoms with Gasteiger partial charge in [0.2, 0.25) is 0 Å². The van der Waals surface area contributed by atoms with Crippen LogP contribution in [0.25, 0.3) is 0 Å². The van der Waals surface area contributed by atoms with Crippen molar-refractivity contribution in [3.63, 3.8) is 0 Å². The van der Waals surface area contributed by atoms with Crippen molar-refractivity contribution >= 4 is 35.8 Å². The lowest BCUT2D eigenvalue weighted by Crippen LogP contribution is -2.47. The normalized spacial score (nSPS) is 16.4. The fourth-order valence-electron chi connectivity index (χ4n) is 4.31. The molecule has 43 heavy (non-hydrogen) atoms. The number of carbonyl (C=O) groups is 2. The fraction of sp³-hybridized carbons (Fsp3) is 0.879.